The number of alkyl halides is 2. The van der Waals surface area contributed by atoms with E-state index in [9.17, 15) is 8.78 Å². The highest BCUT2D eigenvalue weighted by Gasteiger charge is 2.48. The van der Waals surface area contributed by atoms with Gasteiger partial charge in [0.2, 0.25) is 0 Å². The summed E-state index contributed by atoms with van der Waals surface area (Å²) in [5, 5.41) is 3.06. The second-order valence-corrected chi connectivity index (χ2v) is 4.63. The van der Waals surface area contributed by atoms with Crippen LogP contribution in [0, 0.1) is 0 Å². The molecule has 0 aromatic heterocycles. The van der Waals surface area contributed by atoms with Gasteiger partial charge in [-0.3, -0.25) is 0 Å². The third-order valence-corrected chi connectivity index (χ3v) is 3.48. The van der Waals surface area contributed by atoms with Gasteiger partial charge in [0.25, 0.3) is 5.92 Å². The van der Waals surface area contributed by atoms with Crippen molar-refractivity contribution < 1.29 is 8.78 Å². The highest BCUT2D eigenvalue weighted by molar-refractivity contribution is 4.96. The normalized spacial score (nSPS) is 41.8. The van der Waals surface area contributed by atoms with Crippen LogP contribution in [0.25, 0.3) is 0 Å². The van der Waals surface area contributed by atoms with E-state index in [-0.39, 0.29) is 18.5 Å². The van der Waals surface area contributed by atoms with Crippen molar-refractivity contribution in [1.29, 1.82) is 0 Å². The van der Waals surface area contributed by atoms with Gasteiger partial charge in [-0.05, 0) is 32.1 Å². The number of hydrogen-bond donors (Lipinski definition) is 2. The molecule has 2 nitrogen and oxygen atoms in total. The Bertz CT molecular complexity index is 200. The van der Waals surface area contributed by atoms with Crippen LogP contribution in [0.1, 0.15) is 38.5 Å². The molecule has 0 aromatic rings. The van der Waals surface area contributed by atoms with E-state index in [1.54, 1.807) is 0 Å². The first-order valence-electron chi connectivity index (χ1n) is 5.47. The molecule has 0 amide bonds. The predicted molar refractivity (Wildman–Crippen MR) is 51.3 cm³/mol. The molecular formula is C10H18F2N2. The van der Waals surface area contributed by atoms with Gasteiger partial charge in [0.1, 0.15) is 0 Å². The molecule has 4 heteroatoms. The Balaban J connectivity index is 1.76. The van der Waals surface area contributed by atoms with Gasteiger partial charge < -0.3 is 11.1 Å². The Morgan fingerprint density at radius 2 is 1.71 bits per heavy atom. The summed E-state index contributed by atoms with van der Waals surface area (Å²) in [7, 11) is 0. The van der Waals surface area contributed by atoms with Gasteiger partial charge in [-0.25, -0.2) is 8.78 Å². The van der Waals surface area contributed by atoms with Crippen LogP contribution in [0.5, 0.6) is 0 Å². The van der Waals surface area contributed by atoms with Crippen LogP contribution in [0.15, 0.2) is 0 Å². The average Bonchev–Trinajstić information content (AvgIpc) is 2.15. The molecule has 2 saturated carbocycles. The maximum Gasteiger partial charge on any atom is 0.263 e. The smallest absolute Gasteiger partial charge is 0.263 e. The molecule has 1 atom stereocenters. The van der Waals surface area contributed by atoms with Gasteiger partial charge in [-0.2, -0.15) is 0 Å². The predicted octanol–water partition coefficient (Wildman–Crippen LogP) is 1.64. The Hall–Kier alpha value is -0.220. The summed E-state index contributed by atoms with van der Waals surface area (Å²) >= 11 is 0. The molecule has 0 bridgehead atoms. The van der Waals surface area contributed by atoms with Crippen LogP contribution < -0.4 is 11.1 Å². The van der Waals surface area contributed by atoms with E-state index in [1.165, 1.54) is 0 Å². The number of nitrogens with two attached hydrogens (primary N) is 1. The van der Waals surface area contributed by atoms with Gasteiger partial charge in [-0.15, -0.1) is 0 Å². The molecule has 0 spiro atoms. The molecule has 82 valence electrons. The monoisotopic (exact) mass is 204 g/mol. The molecule has 3 N–H and O–H groups in total. The van der Waals surface area contributed by atoms with Crippen LogP contribution in [-0.2, 0) is 0 Å². The lowest BCUT2D eigenvalue weighted by atomic mass is 9.84. The molecule has 0 saturated heterocycles. The Morgan fingerprint density at radius 1 is 1.07 bits per heavy atom. The quantitative estimate of drug-likeness (QED) is 0.717. The summed E-state index contributed by atoms with van der Waals surface area (Å²) in [6.45, 7) is 0. The molecule has 0 radical (unpaired) electrons. The summed E-state index contributed by atoms with van der Waals surface area (Å²) in [5.74, 6) is -2.46. The lowest BCUT2D eigenvalue weighted by Gasteiger charge is -2.40. The Labute approximate surface area is 83.2 Å². The standard InChI is InChI=1S/C10H18F2N2/c11-10(12)6-5-9(10)14-8-3-1-7(13)2-4-8/h7-9,14H,1-6,13H2/t7?,8?,9-/m1/s1. The fourth-order valence-corrected chi connectivity index (χ4v) is 2.28. The number of nitrogens with one attached hydrogen (secondary N) is 1. The van der Waals surface area contributed by atoms with Crippen LogP contribution in [0.3, 0.4) is 0 Å². The molecule has 0 aromatic carbocycles. The lowest BCUT2D eigenvalue weighted by Crippen LogP contribution is -2.57. The SMILES string of the molecule is NC1CCC(N[C@@H]2CCC2(F)F)CC1. The van der Waals surface area contributed by atoms with Gasteiger partial charge in [0, 0.05) is 18.5 Å². The van der Waals surface area contributed by atoms with E-state index >= 15 is 0 Å². The van der Waals surface area contributed by atoms with Crippen molar-refractivity contribution in [3.8, 4) is 0 Å². The minimum atomic E-state index is -2.46. The van der Waals surface area contributed by atoms with E-state index in [2.05, 4.69) is 5.32 Å². The van der Waals surface area contributed by atoms with E-state index in [0.29, 0.717) is 6.42 Å². The molecule has 14 heavy (non-hydrogen) atoms. The van der Waals surface area contributed by atoms with Gasteiger partial charge in [-0.1, -0.05) is 0 Å². The third kappa shape index (κ3) is 2.06. The first-order valence-corrected chi connectivity index (χ1v) is 5.47. The zero-order chi connectivity index (χ0) is 10.2. The van der Waals surface area contributed by atoms with Crippen molar-refractivity contribution in [2.75, 3.05) is 0 Å². The minimum Gasteiger partial charge on any atom is -0.328 e. The maximum absolute atomic E-state index is 12.9. The van der Waals surface area contributed by atoms with E-state index in [4.69, 9.17) is 5.73 Å². The molecule has 2 aliphatic rings. The summed E-state index contributed by atoms with van der Waals surface area (Å²) in [5.41, 5.74) is 5.75. The summed E-state index contributed by atoms with van der Waals surface area (Å²) < 4.78 is 25.9. The summed E-state index contributed by atoms with van der Waals surface area (Å²) in [6.07, 6.45) is 4.51. The number of halogens is 2. The summed E-state index contributed by atoms with van der Waals surface area (Å²) in [4.78, 5) is 0. The van der Waals surface area contributed by atoms with Crippen molar-refractivity contribution in [3.05, 3.63) is 0 Å². The topological polar surface area (TPSA) is 38.0 Å². The van der Waals surface area contributed by atoms with Crippen molar-refractivity contribution in [1.82, 2.24) is 5.32 Å². The molecular weight excluding hydrogens is 186 g/mol. The van der Waals surface area contributed by atoms with Crippen LogP contribution in [-0.4, -0.2) is 24.0 Å². The van der Waals surface area contributed by atoms with Crippen LogP contribution in [0.4, 0.5) is 8.78 Å². The first kappa shape index (κ1) is 10.3. The van der Waals surface area contributed by atoms with Gasteiger partial charge >= 0.3 is 0 Å². The third-order valence-electron chi connectivity index (χ3n) is 3.48. The number of rotatable bonds is 2. The fraction of sp³-hybridized carbons (Fsp3) is 1.00. The Morgan fingerprint density at radius 3 is 2.14 bits per heavy atom. The fourth-order valence-electron chi connectivity index (χ4n) is 2.28. The van der Waals surface area contributed by atoms with Crippen molar-refractivity contribution in [2.45, 2.75) is 62.6 Å². The summed E-state index contributed by atoms with van der Waals surface area (Å²) in [6, 6.07) is -0.0113. The van der Waals surface area contributed by atoms with Crippen molar-refractivity contribution in [3.63, 3.8) is 0 Å². The average molecular weight is 204 g/mol. The molecule has 0 aliphatic heterocycles. The van der Waals surface area contributed by atoms with Gasteiger partial charge in [0.05, 0.1) is 6.04 Å². The molecule has 2 aliphatic carbocycles. The largest absolute Gasteiger partial charge is 0.328 e. The lowest BCUT2D eigenvalue weighted by molar-refractivity contribution is -0.109. The second-order valence-electron chi connectivity index (χ2n) is 4.63. The van der Waals surface area contributed by atoms with Crippen molar-refractivity contribution in [2.24, 2.45) is 5.73 Å². The zero-order valence-electron chi connectivity index (χ0n) is 8.31. The molecule has 2 rings (SSSR count). The van der Waals surface area contributed by atoms with Crippen LogP contribution in [0.2, 0.25) is 0 Å². The molecule has 0 unspecified atom stereocenters. The van der Waals surface area contributed by atoms with Crippen molar-refractivity contribution >= 4 is 0 Å². The van der Waals surface area contributed by atoms with E-state index < -0.39 is 12.0 Å². The highest BCUT2D eigenvalue weighted by Crippen LogP contribution is 2.38. The Kier molecular flexibility index (Phi) is 2.75. The number of hydrogen-bond acceptors (Lipinski definition) is 2. The zero-order valence-corrected chi connectivity index (χ0v) is 8.31. The van der Waals surface area contributed by atoms with Crippen LogP contribution >= 0.6 is 0 Å². The van der Waals surface area contributed by atoms with Gasteiger partial charge in [0.15, 0.2) is 0 Å². The highest BCUT2D eigenvalue weighted by atomic mass is 19.3. The molecule has 2 fully saturated rings. The second kappa shape index (κ2) is 3.74. The first-order chi connectivity index (χ1) is 6.58. The maximum atomic E-state index is 12.9. The minimum absolute atomic E-state index is 0.0525. The molecule has 0 heterocycles. The van der Waals surface area contributed by atoms with E-state index in [0.717, 1.165) is 25.7 Å². The van der Waals surface area contributed by atoms with E-state index in [1.807, 2.05) is 0 Å².